The van der Waals surface area contributed by atoms with Gasteiger partial charge in [-0.1, -0.05) is 0 Å². The minimum absolute atomic E-state index is 0.274. The van der Waals surface area contributed by atoms with Gasteiger partial charge in [0, 0.05) is 32.9 Å². The predicted molar refractivity (Wildman–Crippen MR) is 63.4 cm³/mol. The molecule has 0 aromatic heterocycles. The van der Waals surface area contributed by atoms with Crippen LogP contribution in [0.3, 0.4) is 0 Å². The van der Waals surface area contributed by atoms with E-state index < -0.39 is 0 Å². The predicted octanol–water partition coefficient (Wildman–Crippen LogP) is 0.509. The molecule has 16 heavy (non-hydrogen) atoms. The van der Waals surface area contributed by atoms with Crippen molar-refractivity contribution in [3.63, 3.8) is 0 Å². The van der Waals surface area contributed by atoms with Gasteiger partial charge in [-0.3, -0.25) is 0 Å². The molecule has 1 heterocycles. The maximum Gasteiger partial charge on any atom is 0.0601 e. The second kappa shape index (κ2) is 5.45. The fraction of sp³-hybridized carbons (Fsp3) is 1.00. The first-order valence-electron chi connectivity index (χ1n) is 6.32. The van der Waals surface area contributed by atoms with Gasteiger partial charge in [-0.15, -0.1) is 0 Å². The SMILES string of the molecule is COC1CC(NCC2(CN)CCOCC2)C1. The summed E-state index contributed by atoms with van der Waals surface area (Å²) >= 11 is 0. The Labute approximate surface area is 97.9 Å². The summed E-state index contributed by atoms with van der Waals surface area (Å²) in [5, 5.41) is 3.63. The molecule has 1 aliphatic carbocycles. The monoisotopic (exact) mass is 228 g/mol. The molecule has 0 spiro atoms. The highest BCUT2D eigenvalue weighted by Crippen LogP contribution is 2.30. The van der Waals surface area contributed by atoms with Crippen molar-refractivity contribution >= 4 is 0 Å². The Morgan fingerprint density at radius 2 is 2.06 bits per heavy atom. The normalized spacial score (nSPS) is 33.4. The first-order chi connectivity index (χ1) is 7.78. The maximum atomic E-state index is 5.92. The third-order valence-electron chi connectivity index (χ3n) is 4.18. The van der Waals surface area contributed by atoms with Crippen LogP contribution in [0.5, 0.6) is 0 Å². The Hall–Kier alpha value is -0.160. The highest BCUT2D eigenvalue weighted by molar-refractivity contribution is 4.91. The van der Waals surface area contributed by atoms with E-state index in [1.807, 2.05) is 0 Å². The van der Waals surface area contributed by atoms with E-state index in [0.717, 1.165) is 52.0 Å². The van der Waals surface area contributed by atoms with E-state index >= 15 is 0 Å². The van der Waals surface area contributed by atoms with E-state index in [1.165, 1.54) is 0 Å². The summed E-state index contributed by atoms with van der Waals surface area (Å²) in [5.41, 5.74) is 6.19. The van der Waals surface area contributed by atoms with Crippen LogP contribution in [0.15, 0.2) is 0 Å². The lowest BCUT2D eigenvalue weighted by Gasteiger charge is -2.41. The smallest absolute Gasteiger partial charge is 0.0601 e. The zero-order chi connectivity index (χ0) is 11.4. The summed E-state index contributed by atoms with van der Waals surface area (Å²) in [6.45, 7) is 3.53. The lowest BCUT2D eigenvalue weighted by molar-refractivity contribution is -0.00276. The maximum absolute atomic E-state index is 5.92. The molecule has 1 saturated carbocycles. The molecule has 2 fully saturated rings. The van der Waals surface area contributed by atoms with Crippen molar-refractivity contribution in [3.8, 4) is 0 Å². The van der Waals surface area contributed by atoms with E-state index in [1.54, 1.807) is 7.11 Å². The van der Waals surface area contributed by atoms with Crippen molar-refractivity contribution in [3.05, 3.63) is 0 Å². The van der Waals surface area contributed by atoms with Crippen LogP contribution in [-0.2, 0) is 9.47 Å². The van der Waals surface area contributed by atoms with Gasteiger partial charge in [0.15, 0.2) is 0 Å². The molecule has 4 nitrogen and oxygen atoms in total. The van der Waals surface area contributed by atoms with Crippen LogP contribution in [0.4, 0.5) is 0 Å². The molecule has 0 aromatic rings. The molecule has 0 bridgehead atoms. The van der Waals surface area contributed by atoms with E-state index in [0.29, 0.717) is 12.1 Å². The summed E-state index contributed by atoms with van der Waals surface area (Å²) in [5.74, 6) is 0. The molecule has 3 N–H and O–H groups in total. The van der Waals surface area contributed by atoms with Crippen molar-refractivity contribution in [2.75, 3.05) is 33.4 Å². The number of ether oxygens (including phenoxy) is 2. The van der Waals surface area contributed by atoms with E-state index in [-0.39, 0.29) is 5.41 Å². The largest absolute Gasteiger partial charge is 0.381 e. The van der Waals surface area contributed by atoms with Crippen molar-refractivity contribution in [1.82, 2.24) is 5.32 Å². The first-order valence-corrected chi connectivity index (χ1v) is 6.32. The van der Waals surface area contributed by atoms with Gasteiger partial charge in [-0.2, -0.15) is 0 Å². The molecule has 1 saturated heterocycles. The average Bonchev–Trinajstić information content (AvgIpc) is 2.29. The van der Waals surface area contributed by atoms with Crippen LogP contribution >= 0.6 is 0 Å². The van der Waals surface area contributed by atoms with Crippen molar-refractivity contribution in [1.29, 1.82) is 0 Å². The minimum atomic E-state index is 0.274. The Morgan fingerprint density at radius 1 is 1.38 bits per heavy atom. The Kier molecular flexibility index (Phi) is 4.19. The fourth-order valence-electron chi connectivity index (χ4n) is 2.54. The van der Waals surface area contributed by atoms with Crippen LogP contribution in [-0.4, -0.2) is 45.6 Å². The lowest BCUT2D eigenvalue weighted by atomic mass is 9.79. The summed E-state index contributed by atoms with van der Waals surface area (Å²) in [6, 6.07) is 0.635. The third kappa shape index (κ3) is 2.74. The summed E-state index contributed by atoms with van der Waals surface area (Å²) in [4.78, 5) is 0. The zero-order valence-electron chi connectivity index (χ0n) is 10.2. The number of rotatable bonds is 5. The van der Waals surface area contributed by atoms with Gasteiger partial charge in [0.2, 0.25) is 0 Å². The highest BCUT2D eigenvalue weighted by Gasteiger charge is 2.34. The summed E-state index contributed by atoms with van der Waals surface area (Å²) < 4.78 is 10.7. The molecule has 0 radical (unpaired) electrons. The van der Waals surface area contributed by atoms with Gasteiger partial charge in [-0.05, 0) is 37.6 Å². The van der Waals surface area contributed by atoms with Crippen LogP contribution in [0.1, 0.15) is 25.7 Å². The first kappa shape index (κ1) is 12.3. The lowest BCUT2D eigenvalue weighted by Crippen LogP contribution is -2.51. The fourth-order valence-corrected chi connectivity index (χ4v) is 2.54. The second-order valence-electron chi connectivity index (χ2n) is 5.22. The third-order valence-corrected chi connectivity index (χ3v) is 4.18. The minimum Gasteiger partial charge on any atom is -0.381 e. The quantitative estimate of drug-likeness (QED) is 0.720. The second-order valence-corrected chi connectivity index (χ2v) is 5.22. The number of nitrogens with two attached hydrogens (primary N) is 1. The summed E-state index contributed by atoms with van der Waals surface area (Å²) in [7, 11) is 1.79. The van der Waals surface area contributed by atoms with Crippen molar-refractivity contribution in [2.24, 2.45) is 11.1 Å². The number of hydrogen-bond donors (Lipinski definition) is 2. The van der Waals surface area contributed by atoms with Crippen LogP contribution in [0, 0.1) is 5.41 Å². The Balaban J connectivity index is 1.71. The van der Waals surface area contributed by atoms with Crippen LogP contribution < -0.4 is 11.1 Å². The van der Waals surface area contributed by atoms with Gasteiger partial charge in [0.1, 0.15) is 0 Å². The molecular formula is C12H24N2O2. The number of methoxy groups -OCH3 is 1. The number of hydrogen-bond acceptors (Lipinski definition) is 4. The molecule has 2 aliphatic rings. The average molecular weight is 228 g/mol. The molecule has 94 valence electrons. The topological polar surface area (TPSA) is 56.5 Å². The molecule has 0 unspecified atom stereocenters. The van der Waals surface area contributed by atoms with Gasteiger partial charge in [0.25, 0.3) is 0 Å². The standard InChI is InChI=1S/C12H24N2O2/c1-15-11-6-10(7-11)14-9-12(8-13)2-4-16-5-3-12/h10-11,14H,2-9,13H2,1H3. The molecule has 1 aliphatic heterocycles. The molecule has 4 heteroatoms. The molecule has 2 rings (SSSR count). The zero-order valence-corrected chi connectivity index (χ0v) is 10.2. The van der Waals surface area contributed by atoms with Crippen molar-refractivity contribution in [2.45, 2.75) is 37.8 Å². The van der Waals surface area contributed by atoms with Gasteiger partial charge in [0.05, 0.1) is 6.10 Å². The molecule has 0 amide bonds. The van der Waals surface area contributed by atoms with E-state index in [4.69, 9.17) is 15.2 Å². The van der Waals surface area contributed by atoms with E-state index in [2.05, 4.69) is 5.32 Å². The van der Waals surface area contributed by atoms with Crippen LogP contribution in [0.25, 0.3) is 0 Å². The highest BCUT2D eigenvalue weighted by atomic mass is 16.5. The molecular weight excluding hydrogens is 204 g/mol. The van der Waals surface area contributed by atoms with Crippen molar-refractivity contribution < 1.29 is 9.47 Å². The molecule has 0 atom stereocenters. The van der Waals surface area contributed by atoms with E-state index in [9.17, 15) is 0 Å². The van der Waals surface area contributed by atoms with Gasteiger partial charge >= 0.3 is 0 Å². The number of nitrogens with one attached hydrogen (secondary N) is 1. The van der Waals surface area contributed by atoms with Gasteiger partial charge in [-0.25, -0.2) is 0 Å². The Bertz CT molecular complexity index is 211. The molecule has 0 aromatic carbocycles. The Morgan fingerprint density at radius 3 is 2.62 bits per heavy atom. The van der Waals surface area contributed by atoms with Crippen LogP contribution in [0.2, 0.25) is 0 Å². The summed E-state index contributed by atoms with van der Waals surface area (Å²) in [6.07, 6.45) is 4.95. The van der Waals surface area contributed by atoms with Gasteiger partial charge < -0.3 is 20.5 Å².